The molecule has 3 N–H and O–H groups in total. The molecule has 2 rings (SSSR count). The van der Waals surface area contributed by atoms with Gasteiger partial charge in [-0.05, 0) is 37.4 Å². The van der Waals surface area contributed by atoms with E-state index in [2.05, 4.69) is 17.6 Å². The maximum absolute atomic E-state index is 12.8. The van der Waals surface area contributed by atoms with Crippen LogP contribution in [0.4, 0.5) is 4.39 Å². The van der Waals surface area contributed by atoms with Crippen LogP contribution in [-0.4, -0.2) is 30.1 Å². The van der Waals surface area contributed by atoms with E-state index >= 15 is 0 Å². The van der Waals surface area contributed by atoms with E-state index in [-0.39, 0.29) is 23.3 Å². The number of benzene rings is 1. The summed E-state index contributed by atoms with van der Waals surface area (Å²) in [5.74, 6) is -0.758. The van der Waals surface area contributed by atoms with Gasteiger partial charge in [0.25, 0.3) is 5.91 Å². The summed E-state index contributed by atoms with van der Waals surface area (Å²) in [5.41, 5.74) is 0.102. The summed E-state index contributed by atoms with van der Waals surface area (Å²) in [4.78, 5) is 11.9. The van der Waals surface area contributed by atoms with Crippen LogP contribution in [0, 0.1) is 11.7 Å². The van der Waals surface area contributed by atoms with E-state index in [1.165, 1.54) is 6.07 Å². The third-order valence-corrected chi connectivity index (χ3v) is 3.62. The summed E-state index contributed by atoms with van der Waals surface area (Å²) >= 11 is 0. The largest absolute Gasteiger partial charge is 0.507 e. The van der Waals surface area contributed by atoms with Crippen LogP contribution in [0.25, 0.3) is 0 Å². The number of amides is 1. The van der Waals surface area contributed by atoms with E-state index in [4.69, 9.17) is 0 Å². The van der Waals surface area contributed by atoms with Gasteiger partial charge in [-0.3, -0.25) is 4.79 Å². The highest BCUT2D eigenvalue weighted by Crippen LogP contribution is 2.18. The number of phenols is 1. The highest BCUT2D eigenvalue weighted by atomic mass is 19.1. The van der Waals surface area contributed by atoms with Gasteiger partial charge in [0, 0.05) is 18.7 Å². The topological polar surface area (TPSA) is 61.4 Å². The smallest absolute Gasteiger partial charge is 0.255 e. The van der Waals surface area contributed by atoms with Crippen molar-refractivity contribution >= 4 is 5.91 Å². The van der Waals surface area contributed by atoms with Gasteiger partial charge in [0.1, 0.15) is 11.6 Å². The zero-order valence-electron chi connectivity index (χ0n) is 10.9. The van der Waals surface area contributed by atoms with Crippen molar-refractivity contribution in [2.24, 2.45) is 5.92 Å². The Morgan fingerprint density at radius 1 is 1.58 bits per heavy atom. The maximum atomic E-state index is 12.8. The molecule has 1 amide bonds. The Labute approximate surface area is 112 Å². The first-order valence-corrected chi connectivity index (χ1v) is 6.58. The van der Waals surface area contributed by atoms with Gasteiger partial charge >= 0.3 is 0 Å². The quantitative estimate of drug-likeness (QED) is 0.779. The minimum atomic E-state index is -0.559. The fourth-order valence-corrected chi connectivity index (χ4v) is 2.38. The van der Waals surface area contributed by atoms with Crippen molar-refractivity contribution in [2.45, 2.75) is 25.8 Å². The molecule has 5 heteroatoms. The van der Waals surface area contributed by atoms with E-state index in [1.807, 2.05) is 0 Å². The molecule has 1 aliphatic heterocycles. The fraction of sp³-hybridized carbons (Fsp3) is 0.500. The van der Waals surface area contributed by atoms with Crippen LogP contribution in [0.1, 0.15) is 30.1 Å². The Balaban J connectivity index is 1.93. The van der Waals surface area contributed by atoms with Gasteiger partial charge in [-0.15, -0.1) is 0 Å². The standard InChI is InChI=1S/C14H19FN2O2/c1-9-3-2-6-16-12(9)8-17-14(19)11-5-4-10(15)7-13(11)18/h4-5,7,9,12,16,18H,2-3,6,8H2,1H3,(H,17,19). The molecule has 0 spiro atoms. The van der Waals surface area contributed by atoms with Crippen molar-refractivity contribution < 1.29 is 14.3 Å². The van der Waals surface area contributed by atoms with E-state index < -0.39 is 5.82 Å². The minimum absolute atomic E-state index is 0.102. The Morgan fingerprint density at radius 3 is 3.05 bits per heavy atom. The molecule has 104 valence electrons. The van der Waals surface area contributed by atoms with Crippen LogP contribution >= 0.6 is 0 Å². The number of carbonyl (C=O) groups excluding carboxylic acids is 1. The number of nitrogens with one attached hydrogen (secondary N) is 2. The Hall–Kier alpha value is -1.62. The van der Waals surface area contributed by atoms with Crippen LogP contribution in [0.3, 0.4) is 0 Å². The molecule has 0 aliphatic carbocycles. The predicted molar refractivity (Wildman–Crippen MR) is 70.6 cm³/mol. The molecule has 0 radical (unpaired) electrons. The zero-order chi connectivity index (χ0) is 13.8. The van der Waals surface area contributed by atoms with Crippen molar-refractivity contribution in [3.8, 4) is 5.75 Å². The second kappa shape index (κ2) is 6.02. The molecule has 4 nitrogen and oxygen atoms in total. The van der Waals surface area contributed by atoms with Crippen molar-refractivity contribution in [3.63, 3.8) is 0 Å². The third kappa shape index (κ3) is 3.44. The van der Waals surface area contributed by atoms with E-state index in [9.17, 15) is 14.3 Å². The molecule has 1 fully saturated rings. The Morgan fingerprint density at radius 2 is 2.37 bits per heavy atom. The molecule has 1 aliphatic rings. The molecule has 19 heavy (non-hydrogen) atoms. The summed E-state index contributed by atoms with van der Waals surface area (Å²) in [6.45, 7) is 3.63. The van der Waals surface area contributed by atoms with Crippen LogP contribution < -0.4 is 10.6 Å². The number of piperidine rings is 1. The monoisotopic (exact) mass is 266 g/mol. The number of hydrogen-bond donors (Lipinski definition) is 3. The van der Waals surface area contributed by atoms with E-state index in [1.54, 1.807) is 0 Å². The SMILES string of the molecule is CC1CCCNC1CNC(=O)c1ccc(F)cc1O. The number of carbonyl (C=O) groups is 1. The lowest BCUT2D eigenvalue weighted by atomic mass is 9.93. The molecular formula is C14H19FN2O2. The lowest BCUT2D eigenvalue weighted by Gasteiger charge is -2.30. The molecule has 1 heterocycles. The van der Waals surface area contributed by atoms with Crippen molar-refractivity contribution in [1.82, 2.24) is 10.6 Å². The van der Waals surface area contributed by atoms with Gasteiger partial charge in [0.05, 0.1) is 5.56 Å². The summed E-state index contributed by atoms with van der Waals surface area (Å²) in [7, 11) is 0. The summed E-state index contributed by atoms with van der Waals surface area (Å²) in [5, 5.41) is 15.7. The highest BCUT2D eigenvalue weighted by Gasteiger charge is 2.21. The maximum Gasteiger partial charge on any atom is 0.255 e. The number of rotatable bonds is 3. The van der Waals surface area contributed by atoms with Crippen molar-refractivity contribution in [1.29, 1.82) is 0 Å². The van der Waals surface area contributed by atoms with Crippen LogP contribution in [0.5, 0.6) is 5.75 Å². The van der Waals surface area contributed by atoms with Crippen molar-refractivity contribution in [3.05, 3.63) is 29.6 Å². The molecule has 0 saturated carbocycles. The third-order valence-electron chi connectivity index (χ3n) is 3.62. The van der Waals surface area contributed by atoms with Gasteiger partial charge < -0.3 is 15.7 Å². The summed E-state index contributed by atoms with van der Waals surface area (Å²) < 4.78 is 12.8. The zero-order valence-corrected chi connectivity index (χ0v) is 10.9. The highest BCUT2D eigenvalue weighted by molar-refractivity contribution is 5.96. The van der Waals surface area contributed by atoms with E-state index in [0.29, 0.717) is 12.5 Å². The molecule has 2 unspecified atom stereocenters. The average molecular weight is 266 g/mol. The predicted octanol–water partition coefficient (Wildman–Crippen LogP) is 1.65. The Bertz CT molecular complexity index is 465. The normalized spacial score (nSPS) is 23.1. The molecule has 0 aromatic heterocycles. The van der Waals surface area contributed by atoms with Gasteiger partial charge in [-0.1, -0.05) is 6.92 Å². The molecule has 2 atom stereocenters. The van der Waals surface area contributed by atoms with Crippen molar-refractivity contribution in [2.75, 3.05) is 13.1 Å². The number of hydrogen-bond acceptors (Lipinski definition) is 3. The summed E-state index contributed by atoms with van der Waals surface area (Å²) in [6, 6.07) is 3.64. The average Bonchev–Trinajstić information content (AvgIpc) is 2.37. The number of halogens is 1. The lowest BCUT2D eigenvalue weighted by Crippen LogP contribution is -2.47. The minimum Gasteiger partial charge on any atom is -0.507 e. The fourth-order valence-electron chi connectivity index (χ4n) is 2.38. The molecule has 0 bridgehead atoms. The van der Waals surface area contributed by atoms with Crippen LogP contribution in [-0.2, 0) is 0 Å². The number of aromatic hydroxyl groups is 1. The molecule has 1 saturated heterocycles. The number of phenolic OH excluding ortho intramolecular Hbond substituents is 1. The second-order valence-corrected chi connectivity index (χ2v) is 5.05. The summed E-state index contributed by atoms with van der Waals surface area (Å²) in [6.07, 6.45) is 2.31. The van der Waals surface area contributed by atoms with Gasteiger partial charge in [-0.25, -0.2) is 4.39 Å². The van der Waals surface area contributed by atoms with Gasteiger partial charge in [0.15, 0.2) is 0 Å². The van der Waals surface area contributed by atoms with Gasteiger partial charge in [0.2, 0.25) is 0 Å². The van der Waals surface area contributed by atoms with Gasteiger partial charge in [-0.2, -0.15) is 0 Å². The first kappa shape index (κ1) is 13.8. The molecule has 1 aromatic carbocycles. The molecular weight excluding hydrogens is 247 g/mol. The van der Waals surface area contributed by atoms with Crippen LogP contribution in [0.2, 0.25) is 0 Å². The first-order valence-electron chi connectivity index (χ1n) is 6.58. The second-order valence-electron chi connectivity index (χ2n) is 5.05. The lowest BCUT2D eigenvalue weighted by molar-refractivity contribution is 0.0941. The van der Waals surface area contributed by atoms with Crippen LogP contribution in [0.15, 0.2) is 18.2 Å². The Kier molecular flexibility index (Phi) is 4.37. The first-order chi connectivity index (χ1) is 9.08. The molecule has 1 aromatic rings. The van der Waals surface area contributed by atoms with E-state index in [0.717, 1.165) is 31.5 Å².